The number of thioether (sulfide) groups is 1. The fraction of sp³-hybridized carbons (Fsp3) is 0.750. The number of rotatable bonds is 4. The van der Waals surface area contributed by atoms with Crippen molar-refractivity contribution in [1.82, 2.24) is 20.4 Å². The van der Waals surface area contributed by atoms with E-state index in [0.29, 0.717) is 6.04 Å². The average molecular weight is 324 g/mol. The zero-order valence-corrected chi connectivity index (χ0v) is 15.3. The van der Waals surface area contributed by atoms with Gasteiger partial charge in [0, 0.05) is 43.2 Å². The van der Waals surface area contributed by atoms with Gasteiger partial charge in [0.25, 0.3) is 0 Å². The Labute approximate surface area is 138 Å². The van der Waals surface area contributed by atoms with E-state index in [4.69, 9.17) is 0 Å². The molecule has 1 saturated carbocycles. The summed E-state index contributed by atoms with van der Waals surface area (Å²) in [6, 6.07) is 0.536. The molecule has 124 valence electrons. The molecule has 0 radical (unpaired) electrons. The SMILES string of the molecule is CN=C(NCc1c(C)nn(C)c1C)NC1CCCC(SC)C1. The van der Waals surface area contributed by atoms with Crippen LogP contribution in [-0.2, 0) is 13.6 Å². The number of aryl methyl sites for hydroxylation is 2. The standard InChI is InChI=1S/C16H29N5S/c1-11-15(12(2)21(4)20-11)10-18-16(17-3)19-13-7-6-8-14(9-13)22-5/h13-14H,6-10H2,1-5H3,(H2,17,18,19). The normalized spacial score (nSPS) is 22.7. The van der Waals surface area contributed by atoms with Gasteiger partial charge in [-0.1, -0.05) is 6.42 Å². The van der Waals surface area contributed by atoms with Crippen molar-refractivity contribution < 1.29 is 0 Å². The quantitative estimate of drug-likeness (QED) is 0.660. The number of guanidine groups is 1. The molecule has 1 aromatic heterocycles. The predicted molar refractivity (Wildman–Crippen MR) is 95.6 cm³/mol. The van der Waals surface area contributed by atoms with E-state index < -0.39 is 0 Å². The second-order valence-electron chi connectivity index (χ2n) is 6.06. The molecule has 2 atom stereocenters. The molecule has 2 N–H and O–H groups in total. The lowest BCUT2D eigenvalue weighted by Crippen LogP contribution is -2.45. The smallest absolute Gasteiger partial charge is 0.191 e. The van der Waals surface area contributed by atoms with Crippen LogP contribution in [-0.4, -0.2) is 40.3 Å². The van der Waals surface area contributed by atoms with Gasteiger partial charge in [-0.15, -0.1) is 0 Å². The molecule has 5 nitrogen and oxygen atoms in total. The summed E-state index contributed by atoms with van der Waals surface area (Å²) in [6.45, 7) is 4.94. The molecule has 0 aromatic carbocycles. The number of nitrogens with one attached hydrogen (secondary N) is 2. The first-order valence-electron chi connectivity index (χ1n) is 8.04. The van der Waals surface area contributed by atoms with Crippen LogP contribution in [0.25, 0.3) is 0 Å². The molecule has 0 amide bonds. The van der Waals surface area contributed by atoms with Gasteiger partial charge < -0.3 is 10.6 Å². The van der Waals surface area contributed by atoms with Crippen LogP contribution in [0.2, 0.25) is 0 Å². The summed E-state index contributed by atoms with van der Waals surface area (Å²) in [7, 11) is 3.83. The van der Waals surface area contributed by atoms with Gasteiger partial charge in [-0.25, -0.2) is 0 Å². The van der Waals surface area contributed by atoms with Gasteiger partial charge in [0.1, 0.15) is 0 Å². The zero-order chi connectivity index (χ0) is 16.1. The van der Waals surface area contributed by atoms with Crippen LogP contribution in [0, 0.1) is 13.8 Å². The van der Waals surface area contributed by atoms with Crippen LogP contribution >= 0.6 is 11.8 Å². The predicted octanol–water partition coefficient (Wildman–Crippen LogP) is 2.38. The Kier molecular flexibility index (Phi) is 6.17. The van der Waals surface area contributed by atoms with Crippen molar-refractivity contribution in [3.05, 3.63) is 17.0 Å². The maximum atomic E-state index is 4.46. The Balaban J connectivity index is 1.90. The van der Waals surface area contributed by atoms with Crippen LogP contribution < -0.4 is 10.6 Å². The highest BCUT2D eigenvalue weighted by Crippen LogP contribution is 2.26. The molecule has 1 aliphatic carbocycles. The summed E-state index contributed by atoms with van der Waals surface area (Å²) >= 11 is 1.99. The maximum Gasteiger partial charge on any atom is 0.191 e. The van der Waals surface area contributed by atoms with E-state index in [1.807, 2.05) is 30.5 Å². The minimum atomic E-state index is 0.536. The minimum Gasteiger partial charge on any atom is -0.354 e. The molecule has 1 fully saturated rings. The van der Waals surface area contributed by atoms with Crippen LogP contribution in [0.15, 0.2) is 4.99 Å². The van der Waals surface area contributed by atoms with Crippen LogP contribution in [0.4, 0.5) is 0 Å². The highest BCUT2D eigenvalue weighted by molar-refractivity contribution is 7.99. The summed E-state index contributed by atoms with van der Waals surface area (Å²) in [5.74, 6) is 0.898. The highest BCUT2D eigenvalue weighted by Gasteiger charge is 2.22. The second kappa shape index (κ2) is 7.90. The monoisotopic (exact) mass is 323 g/mol. The Hall–Kier alpha value is -1.17. The molecule has 0 saturated heterocycles. The molecule has 0 bridgehead atoms. The fourth-order valence-electron chi connectivity index (χ4n) is 3.12. The lowest BCUT2D eigenvalue weighted by Gasteiger charge is -2.29. The van der Waals surface area contributed by atoms with Gasteiger partial charge in [-0.05, 0) is 39.4 Å². The number of aliphatic imine (C=N–C) groups is 1. The van der Waals surface area contributed by atoms with Crippen molar-refractivity contribution in [2.75, 3.05) is 13.3 Å². The van der Waals surface area contributed by atoms with Crippen LogP contribution in [0.1, 0.15) is 42.6 Å². The van der Waals surface area contributed by atoms with Gasteiger partial charge in [0.15, 0.2) is 5.96 Å². The molecule has 1 aromatic rings. The number of hydrogen-bond acceptors (Lipinski definition) is 3. The van der Waals surface area contributed by atoms with Gasteiger partial charge in [-0.2, -0.15) is 16.9 Å². The molecule has 6 heteroatoms. The summed E-state index contributed by atoms with van der Waals surface area (Å²) < 4.78 is 1.94. The molecular weight excluding hydrogens is 294 g/mol. The summed E-state index contributed by atoms with van der Waals surface area (Å²) in [5.41, 5.74) is 3.56. The van der Waals surface area contributed by atoms with E-state index >= 15 is 0 Å². The van der Waals surface area contributed by atoms with Gasteiger partial charge in [-0.3, -0.25) is 9.67 Å². The molecule has 0 spiro atoms. The molecular formula is C16H29N5S. The molecule has 1 heterocycles. The van der Waals surface area contributed by atoms with E-state index in [1.54, 1.807) is 0 Å². The van der Waals surface area contributed by atoms with E-state index in [1.165, 1.54) is 36.9 Å². The highest BCUT2D eigenvalue weighted by atomic mass is 32.2. The van der Waals surface area contributed by atoms with Crippen molar-refractivity contribution in [1.29, 1.82) is 0 Å². The molecule has 22 heavy (non-hydrogen) atoms. The molecule has 1 aliphatic rings. The molecule has 2 unspecified atom stereocenters. The first-order valence-corrected chi connectivity index (χ1v) is 9.33. The van der Waals surface area contributed by atoms with E-state index in [-0.39, 0.29) is 0 Å². The fourth-order valence-corrected chi connectivity index (χ4v) is 3.95. The molecule has 0 aliphatic heterocycles. The number of aromatic nitrogens is 2. The Morgan fingerprint density at radius 1 is 1.41 bits per heavy atom. The third-order valence-electron chi connectivity index (χ3n) is 4.62. The third-order valence-corrected chi connectivity index (χ3v) is 5.71. The zero-order valence-electron chi connectivity index (χ0n) is 14.4. The lowest BCUT2D eigenvalue weighted by molar-refractivity contribution is 0.419. The Morgan fingerprint density at radius 2 is 2.18 bits per heavy atom. The minimum absolute atomic E-state index is 0.536. The largest absolute Gasteiger partial charge is 0.354 e. The molecule has 2 rings (SSSR count). The van der Waals surface area contributed by atoms with Gasteiger partial charge in [0.2, 0.25) is 0 Å². The summed E-state index contributed by atoms with van der Waals surface area (Å²) in [6.07, 6.45) is 7.34. The van der Waals surface area contributed by atoms with Crippen molar-refractivity contribution in [2.45, 2.75) is 57.4 Å². The van der Waals surface area contributed by atoms with Crippen molar-refractivity contribution >= 4 is 17.7 Å². The lowest BCUT2D eigenvalue weighted by atomic mass is 9.95. The van der Waals surface area contributed by atoms with Crippen LogP contribution in [0.5, 0.6) is 0 Å². The van der Waals surface area contributed by atoms with Crippen molar-refractivity contribution in [3.63, 3.8) is 0 Å². The van der Waals surface area contributed by atoms with E-state index in [9.17, 15) is 0 Å². The summed E-state index contributed by atoms with van der Waals surface area (Å²) in [5, 5.41) is 12.3. The Morgan fingerprint density at radius 3 is 2.77 bits per heavy atom. The van der Waals surface area contributed by atoms with Gasteiger partial charge in [0.05, 0.1) is 5.69 Å². The third kappa shape index (κ3) is 4.18. The number of nitrogens with zero attached hydrogens (tertiary/aromatic N) is 3. The van der Waals surface area contributed by atoms with E-state index in [0.717, 1.165) is 23.4 Å². The second-order valence-corrected chi connectivity index (χ2v) is 7.20. The Bertz CT molecular complexity index is 523. The first-order chi connectivity index (χ1) is 10.5. The van der Waals surface area contributed by atoms with Crippen molar-refractivity contribution in [2.24, 2.45) is 12.0 Å². The summed E-state index contributed by atoms with van der Waals surface area (Å²) in [4.78, 5) is 4.37. The first kappa shape index (κ1) is 17.2. The maximum absolute atomic E-state index is 4.46. The average Bonchev–Trinajstić information content (AvgIpc) is 2.77. The van der Waals surface area contributed by atoms with Gasteiger partial charge >= 0.3 is 0 Å². The van der Waals surface area contributed by atoms with Crippen molar-refractivity contribution in [3.8, 4) is 0 Å². The topological polar surface area (TPSA) is 54.2 Å². The van der Waals surface area contributed by atoms with Crippen LogP contribution in [0.3, 0.4) is 0 Å². The number of hydrogen-bond donors (Lipinski definition) is 2. The van der Waals surface area contributed by atoms with E-state index in [2.05, 4.69) is 40.8 Å².